The largest absolute Gasteiger partial charge is 0.449 e. The molecule has 0 fully saturated rings. The van der Waals surface area contributed by atoms with Crippen molar-refractivity contribution in [1.82, 2.24) is 4.90 Å². The lowest BCUT2D eigenvalue weighted by atomic mass is 9.91. The van der Waals surface area contributed by atoms with Gasteiger partial charge < -0.3 is 4.74 Å². The van der Waals surface area contributed by atoms with Gasteiger partial charge in [-0.25, -0.2) is 0 Å². The highest BCUT2D eigenvalue weighted by Crippen LogP contribution is 2.21. The summed E-state index contributed by atoms with van der Waals surface area (Å²) in [5, 5.41) is 0. The summed E-state index contributed by atoms with van der Waals surface area (Å²) in [5.74, 6) is -0.118. The Morgan fingerprint density at radius 1 is 1.43 bits per heavy atom. The van der Waals surface area contributed by atoms with E-state index in [1.165, 1.54) is 0 Å². The Hall–Kier alpha value is -0.570. The number of nitrogens with zero attached hydrogens (tertiary/aromatic N) is 1. The van der Waals surface area contributed by atoms with Crippen molar-refractivity contribution >= 4 is 5.97 Å². The van der Waals surface area contributed by atoms with E-state index in [1.807, 2.05) is 32.7 Å². The highest BCUT2D eigenvalue weighted by Gasteiger charge is 2.27. The van der Waals surface area contributed by atoms with Gasteiger partial charge in [-0.3, -0.25) is 9.69 Å². The SMILES string of the molecule is CCC(C)(C)C(=O)OCN(C)C(C)C. The molecule has 0 aromatic rings. The maximum absolute atomic E-state index is 11.6. The summed E-state index contributed by atoms with van der Waals surface area (Å²) in [6.45, 7) is 10.3. The fraction of sp³-hybridized carbons (Fsp3) is 0.909. The van der Waals surface area contributed by atoms with E-state index < -0.39 is 0 Å². The quantitative estimate of drug-likeness (QED) is 0.505. The molecule has 84 valence electrons. The third-order valence-corrected chi connectivity index (χ3v) is 2.72. The molecule has 0 radical (unpaired) electrons. The predicted octanol–water partition coefficient (Wildman–Crippen LogP) is 2.26. The first-order chi connectivity index (χ1) is 6.31. The first-order valence-corrected chi connectivity index (χ1v) is 5.18. The zero-order valence-corrected chi connectivity index (χ0v) is 10.3. The molecular weight excluding hydrogens is 178 g/mol. The Labute approximate surface area is 87.4 Å². The Balaban J connectivity index is 3.97. The minimum atomic E-state index is -0.363. The summed E-state index contributed by atoms with van der Waals surface area (Å²) < 4.78 is 5.21. The van der Waals surface area contributed by atoms with Gasteiger partial charge in [0.1, 0.15) is 6.73 Å². The smallest absolute Gasteiger partial charge is 0.312 e. The van der Waals surface area contributed by atoms with Crippen LogP contribution in [0.2, 0.25) is 0 Å². The van der Waals surface area contributed by atoms with Crippen LogP contribution in [0.5, 0.6) is 0 Å². The van der Waals surface area contributed by atoms with E-state index in [0.29, 0.717) is 12.8 Å². The Kier molecular flexibility index (Phi) is 5.13. The van der Waals surface area contributed by atoms with Crippen LogP contribution in [0.25, 0.3) is 0 Å². The molecule has 0 aliphatic heterocycles. The zero-order valence-electron chi connectivity index (χ0n) is 10.3. The Morgan fingerprint density at radius 3 is 2.29 bits per heavy atom. The monoisotopic (exact) mass is 201 g/mol. The van der Waals surface area contributed by atoms with Crippen LogP contribution in [0.1, 0.15) is 41.0 Å². The average molecular weight is 201 g/mol. The molecular formula is C11H23NO2. The second-order valence-corrected chi connectivity index (χ2v) is 4.65. The number of hydrogen-bond acceptors (Lipinski definition) is 3. The van der Waals surface area contributed by atoms with Crippen LogP contribution in [-0.2, 0) is 9.53 Å². The lowest BCUT2D eigenvalue weighted by Gasteiger charge is -2.25. The van der Waals surface area contributed by atoms with Crippen molar-refractivity contribution < 1.29 is 9.53 Å². The molecule has 0 heterocycles. The molecule has 0 aliphatic carbocycles. The molecule has 0 aromatic carbocycles. The van der Waals surface area contributed by atoms with Gasteiger partial charge in [0.2, 0.25) is 0 Å². The lowest BCUT2D eigenvalue weighted by molar-refractivity contribution is -0.159. The molecule has 14 heavy (non-hydrogen) atoms. The zero-order chi connectivity index (χ0) is 11.4. The van der Waals surface area contributed by atoms with Gasteiger partial charge in [-0.2, -0.15) is 0 Å². The molecule has 0 rings (SSSR count). The van der Waals surface area contributed by atoms with Crippen LogP contribution in [0.15, 0.2) is 0 Å². The van der Waals surface area contributed by atoms with E-state index >= 15 is 0 Å². The van der Waals surface area contributed by atoms with E-state index in [9.17, 15) is 4.79 Å². The van der Waals surface area contributed by atoms with Crippen LogP contribution in [0, 0.1) is 5.41 Å². The summed E-state index contributed by atoms with van der Waals surface area (Å²) in [5.41, 5.74) is -0.363. The maximum atomic E-state index is 11.6. The minimum Gasteiger partial charge on any atom is -0.449 e. The van der Waals surface area contributed by atoms with E-state index in [4.69, 9.17) is 4.74 Å². The van der Waals surface area contributed by atoms with Crippen molar-refractivity contribution in [3.8, 4) is 0 Å². The van der Waals surface area contributed by atoms with Crippen molar-refractivity contribution in [2.24, 2.45) is 5.41 Å². The molecule has 0 aromatic heterocycles. The van der Waals surface area contributed by atoms with Crippen LogP contribution in [-0.4, -0.2) is 30.7 Å². The number of ether oxygens (including phenoxy) is 1. The third kappa shape index (κ3) is 4.09. The third-order valence-electron chi connectivity index (χ3n) is 2.72. The molecule has 0 unspecified atom stereocenters. The molecule has 0 N–H and O–H groups in total. The normalized spacial score (nSPS) is 12.3. The van der Waals surface area contributed by atoms with Gasteiger partial charge in [0.05, 0.1) is 5.41 Å². The fourth-order valence-corrected chi connectivity index (χ4v) is 0.649. The molecule has 0 saturated heterocycles. The average Bonchev–Trinajstić information content (AvgIpc) is 2.13. The standard InChI is InChI=1S/C11H23NO2/c1-7-11(4,5)10(13)14-8-12(6)9(2)3/h9H,7-8H2,1-6H3. The Morgan fingerprint density at radius 2 is 1.93 bits per heavy atom. The number of rotatable bonds is 5. The first kappa shape index (κ1) is 13.4. The molecule has 0 spiro atoms. The summed E-state index contributed by atoms with van der Waals surface area (Å²) in [4.78, 5) is 13.6. The van der Waals surface area contributed by atoms with Crippen LogP contribution < -0.4 is 0 Å². The van der Waals surface area contributed by atoms with Gasteiger partial charge in [-0.05, 0) is 41.2 Å². The van der Waals surface area contributed by atoms with Gasteiger partial charge in [0.15, 0.2) is 0 Å². The second-order valence-electron chi connectivity index (χ2n) is 4.65. The second kappa shape index (κ2) is 5.35. The van der Waals surface area contributed by atoms with E-state index in [2.05, 4.69) is 13.8 Å². The van der Waals surface area contributed by atoms with Crippen molar-refractivity contribution in [3.63, 3.8) is 0 Å². The molecule has 3 nitrogen and oxygen atoms in total. The van der Waals surface area contributed by atoms with Crippen molar-refractivity contribution in [1.29, 1.82) is 0 Å². The van der Waals surface area contributed by atoms with Crippen LogP contribution in [0.3, 0.4) is 0 Å². The number of esters is 1. The van der Waals surface area contributed by atoms with E-state index in [-0.39, 0.29) is 11.4 Å². The molecule has 0 atom stereocenters. The van der Waals surface area contributed by atoms with E-state index in [0.717, 1.165) is 6.42 Å². The molecule has 0 bridgehead atoms. The summed E-state index contributed by atoms with van der Waals surface area (Å²) >= 11 is 0. The van der Waals surface area contributed by atoms with Crippen molar-refractivity contribution in [2.75, 3.05) is 13.8 Å². The maximum Gasteiger partial charge on any atom is 0.312 e. The minimum absolute atomic E-state index is 0.118. The topological polar surface area (TPSA) is 29.5 Å². The highest BCUT2D eigenvalue weighted by atomic mass is 16.5. The fourth-order valence-electron chi connectivity index (χ4n) is 0.649. The number of hydrogen-bond donors (Lipinski definition) is 0. The highest BCUT2D eigenvalue weighted by molar-refractivity contribution is 5.75. The molecule has 0 saturated carbocycles. The number of carbonyl (C=O) groups is 1. The molecule has 0 amide bonds. The first-order valence-electron chi connectivity index (χ1n) is 5.18. The Bertz CT molecular complexity index is 188. The summed E-state index contributed by atoms with van der Waals surface area (Å²) in [6, 6.07) is 0.396. The van der Waals surface area contributed by atoms with Gasteiger partial charge in [-0.1, -0.05) is 6.92 Å². The van der Waals surface area contributed by atoms with Crippen molar-refractivity contribution in [3.05, 3.63) is 0 Å². The summed E-state index contributed by atoms with van der Waals surface area (Å²) in [6.07, 6.45) is 0.803. The summed E-state index contributed by atoms with van der Waals surface area (Å²) in [7, 11) is 1.94. The molecule has 0 aliphatic rings. The number of carbonyl (C=O) groups excluding carboxylic acids is 1. The van der Waals surface area contributed by atoms with Gasteiger partial charge in [0.25, 0.3) is 0 Å². The molecule has 3 heteroatoms. The predicted molar refractivity (Wildman–Crippen MR) is 57.9 cm³/mol. The van der Waals surface area contributed by atoms with Gasteiger partial charge in [-0.15, -0.1) is 0 Å². The van der Waals surface area contributed by atoms with Crippen LogP contribution in [0.4, 0.5) is 0 Å². The van der Waals surface area contributed by atoms with Crippen LogP contribution >= 0.6 is 0 Å². The van der Waals surface area contributed by atoms with Gasteiger partial charge in [0, 0.05) is 6.04 Å². The van der Waals surface area contributed by atoms with Gasteiger partial charge >= 0.3 is 5.97 Å². The lowest BCUT2D eigenvalue weighted by Crippen LogP contribution is -2.34. The van der Waals surface area contributed by atoms with Crippen molar-refractivity contribution in [2.45, 2.75) is 47.1 Å². The van der Waals surface area contributed by atoms with E-state index in [1.54, 1.807) is 0 Å².